The van der Waals surface area contributed by atoms with Crippen molar-refractivity contribution in [2.24, 2.45) is 0 Å². The Morgan fingerprint density at radius 1 is 1.47 bits per heavy atom. The molecule has 0 bridgehead atoms. The quantitative estimate of drug-likeness (QED) is 0.734. The highest BCUT2D eigenvalue weighted by Gasteiger charge is 2.14. The number of imidazole rings is 1. The van der Waals surface area contributed by atoms with Gasteiger partial charge >= 0.3 is 5.97 Å². The van der Waals surface area contributed by atoms with Crippen LogP contribution in [0.25, 0.3) is 11.0 Å². The Hall–Kier alpha value is -2.77. The summed E-state index contributed by atoms with van der Waals surface area (Å²) < 4.78 is 15.0. The lowest BCUT2D eigenvalue weighted by Gasteiger charge is -1.96. The topological polar surface area (TPSA) is 96.7 Å². The molecular formula is C11H8FN5O2. The van der Waals surface area contributed by atoms with Crippen LogP contribution in [0.4, 0.5) is 4.39 Å². The maximum absolute atomic E-state index is 13.5. The molecule has 2 aromatic heterocycles. The number of aromatic nitrogens is 5. The molecule has 0 saturated heterocycles. The number of aromatic carboxylic acids is 1. The van der Waals surface area contributed by atoms with Gasteiger partial charge in [0.15, 0.2) is 0 Å². The molecule has 96 valence electrons. The molecule has 0 aliphatic carbocycles. The fourth-order valence-corrected chi connectivity index (χ4v) is 1.79. The predicted molar refractivity (Wildman–Crippen MR) is 62.1 cm³/mol. The summed E-state index contributed by atoms with van der Waals surface area (Å²) in [6.45, 7) is 0.346. The molecule has 0 aliphatic heterocycles. The van der Waals surface area contributed by atoms with Crippen molar-refractivity contribution in [2.45, 2.75) is 6.54 Å². The van der Waals surface area contributed by atoms with Crippen LogP contribution in [0, 0.1) is 5.82 Å². The zero-order chi connectivity index (χ0) is 13.4. The fourth-order valence-electron chi connectivity index (χ4n) is 1.79. The summed E-state index contributed by atoms with van der Waals surface area (Å²) in [4.78, 5) is 21.7. The fraction of sp³-hybridized carbons (Fsp3) is 0.0909. The van der Waals surface area contributed by atoms with E-state index in [0.29, 0.717) is 23.4 Å². The molecular weight excluding hydrogens is 253 g/mol. The number of nitrogens with zero attached hydrogens (tertiary/aromatic N) is 4. The Morgan fingerprint density at radius 2 is 2.32 bits per heavy atom. The first kappa shape index (κ1) is 11.3. The number of rotatable bonds is 3. The number of nitrogens with one attached hydrogen (secondary N) is 1. The molecule has 2 heterocycles. The molecule has 3 aromatic rings. The van der Waals surface area contributed by atoms with Crippen molar-refractivity contribution in [3.63, 3.8) is 0 Å². The second-order valence-electron chi connectivity index (χ2n) is 3.93. The largest absolute Gasteiger partial charge is 0.478 e. The zero-order valence-corrected chi connectivity index (χ0v) is 9.54. The average Bonchev–Trinajstić information content (AvgIpc) is 2.96. The van der Waals surface area contributed by atoms with E-state index in [1.807, 2.05) is 0 Å². The first-order valence-corrected chi connectivity index (χ1v) is 5.37. The van der Waals surface area contributed by atoms with E-state index in [0.717, 1.165) is 6.07 Å². The van der Waals surface area contributed by atoms with Gasteiger partial charge in [-0.25, -0.2) is 23.8 Å². The number of aromatic amines is 1. The number of fused-ring (bicyclic) bond motifs is 1. The normalized spacial score (nSPS) is 11.0. The van der Waals surface area contributed by atoms with Crippen LogP contribution in [-0.4, -0.2) is 35.8 Å². The van der Waals surface area contributed by atoms with Gasteiger partial charge in [-0.1, -0.05) is 0 Å². The van der Waals surface area contributed by atoms with Crippen LogP contribution in [0.5, 0.6) is 0 Å². The lowest BCUT2D eigenvalue weighted by atomic mass is 10.2. The number of carboxylic acids is 1. The second-order valence-corrected chi connectivity index (χ2v) is 3.93. The smallest absolute Gasteiger partial charge is 0.338 e. The molecule has 0 atom stereocenters. The van der Waals surface area contributed by atoms with Crippen LogP contribution in [0.3, 0.4) is 0 Å². The van der Waals surface area contributed by atoms with Crippen molar-refractivity contribution in [3.05, 3.63) is 42.0 Å². The van der Waals surface area contributed by atoms with Crippen molar-refractivity contribution in [3.8, 4) is 0 Å². The van der Waals surface area contributed by atoms with Crippen LogP contribution in [0.15, 0.2) is 24.8 Å². The van der Waals surface area contributed by atoms with E-state index in [1.165, 1.54) is 18.7 Å². The van der Waals surface area contributed by atoms with Gasteiger partial charge in [0.05, 0.1) is 16.6 Å². The zero-order valence-electron chi connectivity index (χ0n) is 9.54. The highest BCUT2D eigenvalue weighted by atomic mass is 19.1. The van der Waals surface area contributed by atoms with Crippen molar-refractivity contribution < 1.29 is 14.3 Å². The monoisotopic (exact) mass is 261 g/mol. The third-order valence-corrected chi connectivity index (χ3v) is 2.63. The molecule has 8 heteroatoms. The Morgan fingerprint density at radius 3 is 3.00 bits per heavy atom. The Bertz CT molecular complexity index is 750. The summed E-state index contributed by atoms with van der Waals surface area (Å²) in [6.07, 6.45) is 2.92. The van der Waals surface area contributed by atoms with Crippen LogP contribution in [-0.2, 0) is 6.54 Å². The summed E-state index contributed by atoms with van der Waals surface area (Å²) in [5.41, 5.74) is 0.442. The highest BCUT2D eigenvalue weighted by Crippen LogP contribution is 2.17. The molecule has 2 N–H and O–H groups in total. The molecule has 0 fully saturated rings. The van der Waals surface area contributed by atoms with E-state index in [4.69, 9.17) is 5.11 Å². The Labute approximate surface area is 105 Å². The van der Waals surface area contributed by atoms with Gasteiger partial charge in [0.2, 0.25) is 0 Å². The molecule has 0 spiro atoms. The van der Waals surface area contributed by atoms with Crippen molar-refractivity contribution >= 4 is 17.0 Å². The van der Waals surface area contributed by atoms with E-state index >= 15 is 0 Å². The third kappa shape index (κ3) is 2.03. The number of hydrogen-bond donors (Lipinski definition) is 2. The van der Waals surface area contributed by atoms with Crippen LogP contribution in [0.2, 0.25) is 0 Å². The highest BCUT2D eigenvalue weighted by molar-refractivity contribution is 5.92. The maximum Gasteiger partial charge on any atom is 0.338 e. The molecule has 0 amide bonds. The summed E-state index contributed by atoms with van der Waals surface area (Å²) in [7, 11) is 0. The number of carbonyl (C=O) groups is 1. The van der Waals surface area contributed by atoms with Gasteiger partial charge in [-0.3, -0.25) is 0 Å². The minimum Gasteiger partial charge on any atom is -0.478 e. The lowest BCUT2D eigenvalue weighted by molar-refractivity contribution is 0.0692. The first-order valence-electron chi connectivity index (χ1n) is 5.37. The van der Waals surface area contributed by atoms with E-state index in [9.17, 15) is 9.18 Å². The number of hydrogen-bond acceptors (Lipinski definition) is 4. The second kappa shape index (κ2) is 4.16. The number of carboxylic acid groups (broad SMARTS) is 1. The van der Waals surface area contributed by atoms with E-state index in [1.54, 1.807) is 4.68 Å². The number of benzene rings is 1. The van der Waals surface area contributed by atoms with Gasteiger partial charge in [-0.05, 0) is 6.07 Å². The minimum atomic E-state index is -1.32. The number of halogens is 1. The summed E-state index contributed by atoms with van der Waals surface area (Å²) >= 11 is 0. The van der Waals surface area contributed by atoms with E-state index in [-0.39, 0.29) is 0 Å². The van der Waals surface area contributed by atoms with Gasteiger partial charge in [-0.15, -0.1) is 0 Å². The SMILES string of the molecule is O=C(O)c1cc2nc(Cn3cncn3)[nH]c2cc1F. The van der Waals surface area contributed by atoms with Gasteiger partial charge in [-0.2, -0.15) is 5.10 Å². The standard InChI is InChI=1S/C11H8FN5O2/c12-7-2-9-8(1-6(7)11(18)19)15-10(16-9)3-17-5-13-4-14-17/h1-2,4-5H,3H2,(H,15,16)(H,18,19). The van der Waals surface area contributed by atoms with Crippen LogP contribution in [0.1, 0.15) is 16.2 Å². The van der Waals surface area contributed by atoms with Crippen LogP contribution >= 0.6 is 0 Å². The molecule has 0 unspecified atom stereocenters. The van der Waals surface area contributed by atoms with Crippen LogP contribution < -0.4 is 0 Å². The van der Waals surface area contributed by atoms with Gasteiger partial charge in [0.1, 0.15) is 30.8 Å². The average molecular weight is 261 g/mol. The van der Waals surface area contributed by atoms with Gasteiger partial charge < -0.3 is 10.1 Å². The van der Waals surface area contributed by atoms with Gasteiger partial charge in [0, 0.05) is 6.07 Å². The number of H-pyrrole nitrogens is 1. The molecule has 1 aromatic carbocycles. The van der Waals surface area contributed by atoms with Gasteiger partial charge in [0.25, 0.3) is 0 Å². The van der Waals surface area contributed by atoms with E-state index < -0.39 is 17.3 Å². The predicted octanol–water partition coefficient (Wildman–Crippen LogP) is 1.04. The lowest BCUT2D eigenvalue weighted by Crippen LogP contribution is -2.01. The molecule has 19 heavy (non-hydrogen) atoms. The van der Waals surface area contributed by atoms with E-state index in [2.05, 4.69) is 20.1 Å². The molecule has 0 aliphatic rings. The molecule has 3 rings (SSSR count). The maximum atomic E-state index is 13.5. The molecule has 7 nitrogen and oxygen atoms in total. The third-order valence-electron chi connectivity index (χ3n) is 2.63. The summed E-state index contributed by atoms with van der Waals surface area (Å²) in [5.74, 6) is -1.57. The Kier molecular flexibility index (Phi) is 2.48. The molecule has 0 saturated carbocycles. The van der Waals surface area contributed by atoms with Crippen molar-refractivity contribution in [1.82, 2.24) is 24.7 Å². The van der Waals surface area contributed by atoms with Crippen molar-refractivity contribution in [1.29, 1.82) is 0 Å². The summed E-state index contributed by atoms with van der Waals surface area (Å²) in [6, 6.07) is 2.32. The van der Waals surface area contributed by atoms with Crippen molar-refractivity contribution in [2.75, 3.05) is 0 Å². The summed E-state index contributed by atoms with van der Waals surface area (Å²) in [5, 5.41) is 12.8. The minimum absolute atomic E-state index is 0.346. The molecule has 0 radical (unpaired) electrons. The Balaban J connectivity index is 2.03. The first-order chi connectivity index (χ1) is 9.13.